The molecule has 0 unspecified atom stereocenters. The lowest BCUT2D eigenvalue weighted by Crippen LogP contribution is -2.50. The molecule has 3 aromatic rings. The van der Waals surface area contributed by atoms with E-state index in [0.29, 0.717) is 16.9 Å². The van der Waals surface area contributed by atoms with Crippen molar-refractivity contribution in [2.45, 2.75) is 38.1 Å². The number of para-hydroxylation sites is 1. The molecule has 0 N–H and O–H groups in total. The van der Waals surface area contributed by atoms with E-state index in [1.165, 1.54) is 24.3 Å². The van der Waals surface area contributed by atoms with E-state index in [1.54, 1.807) is 30.3 Å². The smallest absolute Gasteiger partial charge is 0.314 e. The van der Waals surface area contributed by atoms with E-state index in [4.69, 9.17) is 9.16 Å². The molecule has 0 aliphatic carbocycles. The molecule has 32 heavy (non-hydrogen) atoms. The summed E-state index contributed by atoms with van der Waals surface area (Å²) in [7, 11) is -2.28. The van der Waals surface area contributed by atoms with Crippen LogP contribution in [0.2, 0.25) is 19.6 Å². The number of carbonyl (C=O) groups excluding carboxylic acids is 1. The molecule has 0 spiro atoms. The Morgan fingerprint density at radius 2 is 1.34 bits per heavy atom. The molecule has 0 bridgehead atoms. The lowest BCUT2D eigenvalue weighted by molar-refractivity contribution is -0.143. The Kier molecular flexibility index (Phi) is 5.77. The van der Waals surface area contributed by atoms with Gasteiger partial charge in [0.2, 0.25) is 0 Å². The van der Waals surface area contributed by atoms with Crippen LogP contribution >= 0.6 is 0 Å². The minimum absolute atomic E-state index is 0.360. The van der Waals surface area contributed by atoms with Gasteiger partial charge in [0.15, 0.2) is 8.32 Å². The number of benzene rings is 3. The fraction of sp³-hybridized carbons (Fsp3) is 0.269. The Labute approximate surface area is 188 Å². The molecule has 0 amide bonds. The third-order valence-corrected chi connectivity index (χ3v) is 6.72. The zero-order chi connectivity index (χ0) is 23.1. The Bertz CT molecular complexity index is 1080. The van der Waals surface area contributed by atoms with Gasteiger partial charge in [0.1, 0.15) is 23.0 Å². The van der Waals surface area contributed by atoms with Crippen molar-refractivity contribution in [2.75, 3.05) is 0 Å². The third-order valence-electron chi connectivity index (χ3n) is 5.79. The van der Waals surface area contributed by atoms with E-state index >= 15 is 0 Å². The maximum Gasteiger partial charge on any atom is 0.314 e. The fourth-order valence-electron chi connectivity index (χ4n) is 4.59. The van der Waals surface area contributed by atoms with Crippen LogP contribution in [0.5, 0.6) is 5.75 Å². The van der Waals surface area contributed by atoms with Gasteiger partial charge < -0.3 is 9.16 Å². The molecule has 0 saturated carbocycles. The quantitative estimate of drug-likeness (QED) is 0.255. The summed E-state index contributed by atoms with van der Waals surface area (Å²) in [6.45, 7) is 8.00. The van der Waals surface area contributed by atoms with Crippen LogP contribution in [0.25, 0.3) is 0 Å². The number of carbonyl (C=O) groups is 1. The van der Waals surface area contributed by atoms with E-state index in [1.807, 2.05) is 25.1 Å². The minimum Gasteiger partial charge on any atom is -0.426 e. The van der Waals surface area contributed by atoms with Gasteiger partial charge in [-0.3, -0.25) is 4.79 Å². The molecule has 2 atom stereocenters. The van der Waals surface area contributed by atoms with Gasteiger partial charge in [-0.2, -0.15) is 0 Å². The zero-order valence-corrected chi connectivity index (χ0v) is 19.6. The molecule has 0 aromatic heterocycles. The summed E-state index contributed by atoms with van der Waals surface area (Å²) in [5.74, 6) is -1.65. The summed E-state index contributed by atoms with van der Waals surface area (Å²) in [6, 6.07) is 19.7. The maximum atomic E-state index is 13.9. The van der Waals surface area contributed by atoms with Crippen molar-refractivity contribution in [3.63, 3.8) is 0 Å². The second-order valence-corrected chi connectivity index (χ2v) is 13.6. The molecule has 6 heteroatoms. The van der Waals surface area contributed by atoms with E-state index in [2.05, 4.69) is 19.6 Å². The second-order valence-electron chi connectivity index (χ2n) is 9.19. The Hall–Kier alpha value is -2.83. The lowest BCUT2D eigenvalue weighted by Gasteiger charge is -2.49. The van der Waals surface area contributed by atoms with Crippen molar-refractivity contribution in [1.82, 2.24) is 0 Å². The normalized spacial score (nSPS) is 18.8. The number of halogens is 2. The van der Waals surface area contributed by atoms with Crippen molar-refractivity contribution in [1.29, 1.82) is 0 Å². The Balaban J connectivity index is 2.09. The molecule has 3 aromatic carbocycles. The summed E-state index contributed by atoms with van der Waals surface area (Å²) in [5.41, 5.74) is 1.08. The van der Waals surface area contributed by atoms with Crippen LogP contribution in [0.4, 0.5) is 8.78 Å². The van der Waals surface area contributed by atoms with E-state index < -0.39 is 25.8 Å². The second kappa shape index (κ2) is 8.26. The molecule has 0 fully saturated rings. The highest BCUT2D eigenvalue weighted by molar-refractivity contribution is 6.69. The van der Waals surface area contributed by atoms with Crippen molar-refractivity contribution in [3.05, 3.63) is 101 Å². The van der Waals surface area contributed by atoms with Crippen LogP contribution in [0, 0.1) is 17.6 Å². The average Bonchev–Trinajstić information content (AvgIpc) is 2.74. The SMILES string of the molecule is C[C@H]1C(=O)Oc2ccccc2[C@H]1C(O[Si](C)(C)C)(c1ccc(F)cc1)c1ccc(F)cc1. The van der Waals surface area contributed by atoms with Crippen molar-refractivity contribution in [3.8, 4) is 5.75 Å². The van der Waals surface area contributed by atoms with Crippen LogP contribution in [0.15, 0.2) is 72.8 Å². The summed E-state index contributed by atoms with van der Waals surface area (Å²) in [6.07, 6.45) is 0. The van der Waals surface area contributed by atoms with Crippen LogP contribution in [-0.2, 0) is 14.8 Å². The first-order valence-corrected chi connectivity index (χ1v) is 14.1. The van der Waals surface area contributed by atoms with E-state index in [0.717, 1.165) is 5.56 Å². The van der Waals surface area contributed by atoms with Gasteiger partial charge in [-0.25, -0.2) is 8.78 Å². The molecule has 3 nitrogen and oxygen atoms in total. The standard InChI is InChI=1S/C26H26F2O3Si/c1-17-24(22-7-5-6-8-23(22)30-25(17)29)26(31-32(2,3)4,18-9-13-20(27)14-10-18)19-11-15-21(28)16-12-19/h5-17,24H,1-4H3/t17-,24+/m1/s1. The molecule has 166 valence electrons. The average molecular weight is 453 g/mol. The van der Waals surface area contributed by atoms with E-state index in [9.17, 15) is 13.6 Å². The summed E-state index contributed by atoms with van der Waals surface area (Å²) >= 11 is 0. The molecule has 1 aliphatic rings. The van der Waals surface area contributed by atoms with Gasteiger partial charge in [0, 0.05) is 11.5 Å². The van der Waals surface area contributed by atoms with Crippen LogP contribution < -0.4 is 4.74 Å². The van der Waals surface area contributed by atoms with Crippen molar-refractivity contribution >= 4 is 14.3 Å². The van der Waals surface area contributed by atoms with Gasteiger partial charge in [-0.05, 0) is 61.1 Å². The minimum atomic E-state index is -2.28. The highest BCUT2D eigenvalue weighted by atomic mass is 28.4. The third kappa shape index (κ3) is 4.00. The highest BCUT2D eigenvalue weighted by Gasteiger charge is 2.53. The molecule has 0 saturated heterocycles. The zero-order valence-electron chi connectivity index (χ0n) is 18.6. The number of ether oxygens (including phenoxy) is 1. The van der Waals surface area contributed by atoms with Crippen LogP contribution in [-0.4, -0.2) is 14.3 Å². The van der Waals surface area contributed by atoms with Crippen LogP contribution in [0.1, 0.15) is 29.5 Å². The summed E-state index contributed by atoms with van der Waals surface area (Å²) in [4.78, 5) is 13.0. The van der Waals surface area contributed by atoms with E-state index in [-0.39, 0.29) is 17.6 Å². The summed E-state index contributed by atoms with van der Waals surface area (Å²) in [5, 5.41) is 0. The monoisotopic (exact) mass is 452 g/mol. The van der Waals surface area contributed by atoms with Gasteiger partial charge >= 0.3 is 5.97 Å². The number of esters is 1. The Morgan fingerprint density at radius 3 is 1.84 bits per heavy atom. The molecule has 0 radical (unpaired) electrons. The lowest BCUT2D eigenvalue weighted by atomic mass is 9.67. The molecular weight excluding hydrogens is 426 g/mol. The highest BCUT2D eigenvalue weighted by Crippen LogP contribution is 2.54. The maximum absolute atomic E-state index is 13.9. The van der Waals surface area contributed by atoms with Gasteiger partial charge in [-0.15, -0.1) is 0 Å². The van der Waals surface area contributed by atoms with Gasteiger partial charge in [0.05, 0.1) is 5.92 Å². The van der Waals surface area contributed by atoms with Crippen molar-refractivity contribution in [2.24, 2.45) is 5.92 Å². The largest absolute Gasteiger partial charge is 0.426 e. The molecule has 1 heterocycles. The number of hydrogen-bond acceptors (Lipinski definition) is 3. The van der Waals surface area contributed by atoms with Gasteiger partial charge in [-0.1, -0.05) is 49.4 Å². The predicted octanol–water partition coefficient (Wildman–Crippen LogP) is 6.40. The topological polar surface area (TPSA) is 35.5 Å². The molecule has 1 aliphatic heterocycles. The Morgan fingerprint density at radius 1 is 0.844 bits per heavy atom. The first kappa shape index (κ1) is 22.4. The number of fused-ring (bicyclic) bond motifs is 1. The van der Waals surface area contributed by atoms with Crippen LogP contribution in [0.3, 0.4) is 0 Å². The first-order chi connectivity index (χ1) is 15.1. The van der Waals surface area contributed by atoms with Gasteiger partial charge in [0.25, 0.3) is 0 Å². The van der Waals surface area contributed by atoms with Crippen molar-refractivity contribution < 1.29 is 22.7 Å². The molecular formula is C26H26F2O3Si. The number of hydrogen-bond donors (Lipinski definition) is 0. The fourth-order valence-corrected chi connectivity index (χ4v) is 5.92. The first-order valence-electron chi connectivity index (χ1n) is 10.6. The summed E-state index contributed by atoms with van der Waals surface area (Å²) < 4.78 is 40.4. The molecule has 4 rings (SSSR count). The predicted molar refractivity (Wildman–Crippen MR) is 122 cm³/mol. The number of rotatable bonds is 5.